The number of hydrogen-bond donors (Lipinski definition) is 2. The largest absolute Gasteiger partial charge is 0.322 e. The van der Waals surface area contributed by atoms with E-state index in [9.17, 15) is 9.59 Å². The molecule has 3 aromatic rings. The van der Waals surface area contributed by atoms with Crippen molar-refractivity contribution < 1.29 is 9.59 Å². The van der Waals surface area contributed by atoms with Crippen LogP contribution in [0.2, 0.25) is 0 Å². The van der Waals surface area contributed by atoms with Crippen LogP contribution in [0.4, 0.5) is 11.5 Å². The van der Waals surface area contributed by atoms with Gasteiger partial charge in [-0.2, -0.15) is 0 Å². The SMILES string of the molecule is O=C(/C=C/c1ccncc1)Nc1cccc(C(=O)Nc2ccc(Br)cn2)c1. The van der Waals surface area contributed by atoms with Crippen molar-refractivity contribution in [3.8, 4) is 0 Å². The quantitative estimate of drug-likeness (QED) is 0.605. The molecular weight excluding hydrogens is 408 g/mol. The number of rotatable bonds is 5. The highest BCUT2D eigenvalue weighted by atomic mass is 79.9. The lowest BCUT2D eigenvalue weighted by Crippen LogP contribution is -2.14. The van der Waals surface area contributed by atoms with E-state index in [2.05, 4.69) is 36.5 Å². The Morgan fingerprint density at radius 1 is 1.00 bits per heavy atom. The molecule has 0 aliphatic carbocycles. The monoisotopic (exact) mass is 422 g/mol. The molecule has 0 fully saturated rings. The van der Waals surface area contributed by atoms with E-state index >= 15 is 0 Å². The van der Waals surface area contributed by atoms with Crippen LogP contribution in [0.5, 0.6) is 0 Å². The topological polar surface area (TPSA) is 84.0 Å². The van der Waals surface area contributed by atoms with E-state index in [4.69, 9.17) is 0 Å². The molecule has 0 aliphatic rings. The number of anilines is 2. The van der Waals surface area contributed by atoms with Crippen LogP contribution in [-0.2, 0) is 4.79 Å². The van der Waals surface area contributed by atoms with Gasteiger partial charge in [0.15, 0.2) is 0 Å². The second-order valence-corrected chi connectivity index (χ2v) is 6.42. The summed E-state index contributed by atoms with van der Waals surface area (Å²) in [4.78, 5) is 32.4. The molecule has 2 aromatic heterocycles. The first-order valence-corrected chi connectivity index (χ1v) is 8.81. The number of pyridine rings is 2. The van der Waals surface area contributed by atoms with E-state index in [0.717, 1.165) is 10.0 Å². The third-order valence-electron chi connectivity index (χ3n) is 3.49. The maximum absolute atomic E-state index is 12.4. The Morgan fingerprint density at radius 3 is 2.56 bits per heavy atom. The van der Waals surface area contributed by atoms with Crippen LogP contribution in [-0.4, -0.2) is 21.8 Å². The predicted molar refractivity (Wildman–Crippen MR) is 108 cm³/mol. The Hall–Kier alpha value is -3.32. The van der Waals surface area contributed by atoms with Crippen LogP contribution in [0.3, 0.4) is 0 Å². The lowest BCUT2D eigenvalue weighted by molar-refractivity contribution is -0.111. The van der Waals surface area contributed by atoms with Crippen LogP contribution in [0.25, 0.3) is 6.08 Å². The van der Waals surface area contributed by atoms with Gasteiger partial charge < -0.3 is 10.6 Å². The fourth-order valence-electron chi connectivity index (χ4n) is 2.21. The third kappa shape index (κ3) is 5.58. The van der Waals surface area contributed by atoms with E-state index in [1.807, 2.05) is 0 Å². The molecule has 2 amide bonds. The van der Waals surface area contributed by atoms with Crippen molar-refractivity contribution in [3.63, 3.8) is 0 Å². The smallest absolute Gasteiger partial charge is 0.256 e. The van der Waals surface area contributed by atoms with Crippen LogP contribution >= 0.6 is 15.9 Å². The van der Waals surface area contributed by atoms with Gasteiger partial charge in [0.1, 0.15) is 5.82 Å². The molecule has 0 saturated carbocycles. The lowest BCUT2D eigenvalue weighted by atomic mass is 10.2. The van der Waals surface area contributed by atoms with Crippen LogP contribution in [0.15, 0.2) is 77.7 Å². The van der Waals surface area contributed by atoms with Gasteiger partial charge in [-0.05, 0) is 70.0 Å². The first-order valence-electron chi connectivity index (χ1n) is 8.02. The normalized spacial score (nSPS) is 10.6. The summed E-state index contributed by atoms with van der Waals surface area (Å²) in [5.74, 6) is -0.162. The molecule has 6 nitrogen and oxygen atoms in total. The molecule has 0 unspecified atom stereocenters. The van der Waals surface area contributed by atoms with Crippen molar-refractivity contribution in [3.05, 3.63) is 88.8 Å². The van der Waals surface area contributed by atoms with E-state index in [1.54, 1.807) is 73.2 Å². The first kappa shape index (κ1) is 18.5. The molecule has 3 rings (SSSR count). The Kier molecular flexibility index (Phi) is 6.06. The number of carbonyl (C=O) groups excluding carboxylic acids is 2. The Bertz CT molecular complexity index is 973. The molecular formula is C20H15BrN4O2. The molecule has 0 atom stereocenters. The van der Waals surface area contributed by atoms with Crippen LogP contribution in [0.1, 0.15) is 15.9 Å². The standard InChI is InChI=1S/C20H15BrN4O2/c21-16-5-6-18(23-13-16)25-20(27)15-2-1-3-17(12-15)24-19(26)7-4-14-8-10-22-11-9-14/h1-13H,(H,24,26)(H,23,25,27)/b7-4+. The molecule has 2 heterocycles. The maximum atomic E-state index is 12.4. The van der Waals surface area contributed by atoms with Gasteiger partial charge in [0.2, 0.25) is 5.91 Å². The number of hydrogen-bond acceptors (Lipinski definition) is 4. The summed E-state index contributed by atoms with van der Waals surface area (Å²) < 4.78 is 0.824. The van der Waals surface area contributed by atoms with Crippen molar-refractivity contribution in [2.45, 2.75) is 0 Å². The van der Waals surface area contributed by atoms with Gasteiger partial charge in [-0.25, -0.2) is 4.98 Å². The Morgan fingerprint density at radius 2 is 1.81 bits per heavy atom. The minimum Gasteiger partial charge on any atom is -0.322 e. The van der Waals surface area contributed by atoms with E-state index in [1.165, 1.54) is 6.08 Å². The van der Waals surface area contributed by atoms with Crippen LogP contribution < -0.4 is 10.6 Å². The zero-order chi connectivity index (χ0) is 19.1. The zero-order valence-corrected chi connectivity index (χ0v) is 15.7. The summed E-state index contributed by atoms with van der Waals surface area (Å²) >= 11 is 3.29. The molecule has 0 bridgehead atoms. The highest BCUT2D eigenvalue weighted by Crippen LogP contribution is 2.14. The summed E-state index contributed by atoms with van der Waals surface area (Å²) in [7, 11) is 0. The molecule has 1 aromatic carbocycles. The van der Waals surface area contributed by atoms with Gasteiger partial charge in [-0.15, -0.1) is 0 Å². The minimum atomic E-state index is -0.312. The fourth-order valence-corrected chi connectivity index (χ4v) is 2.44. The van der Waals surface area contributed by atoms with Crippen LogP contribution in [0, 0.1) is 0 Å². The molecule has 2 N–H and O–H groups in total. The van der Waals surface area contributed by atoms with Crippen molar-refractivity contribution >= 4 is 45.3 Å². The maximum Gasteiger partial charge on any atom is 0.256 e. The number of carbonyl (C=O) groups is 2. The number of amides is 2. The number of aromatic nitrogens is 2. The summed E-state index contributed by atoms with van der Waals surface area (Å²) in [6, 6.07) is 13.8. The number of halogens is 1. The molecule has 0 aliphatic heterocycles. The Labute approximate surface area is 164 Å². The molecule has 134 valence electrons. The number of benzene rings is 1. The summed E-state index contributed by atoms with van der Waals surface area (Å²) in [5, 5.41) is 5.44. The van der Waals surface area contributed by atoms with Gasteiger partial charge in [-0.3, -0.25) is 14.6 Å². The molecule has 0 spiro atoms. The van der Waals surface area contributed by atoms with Crippen molar-refractivity contribution in [1.82, 2.24) is 9.97 Å². The fraction of sp³-hybridized carbons (Fsp3) is 0. The minimum absolute atomic E-state index is 0.293. The van der Waals surface area contributed by atoms with Gasteiger partial charge in [0.05, 0.1) is 0 Å². The van der Waals surface area contributed by atoms with Crippen molar-refractivity contribution in [2.24, 2.45) is 0 Å². The molecule has 7 heteroatoms. The average molecular weight is 423 g/mol. The summed E-state index contributed by atoms with van der Waals surface area (Å²) in [6.07, 6.45) is 8.02. The number of nitrogens with zero attached hydrogens (tertiary/aromatic N) is 2. The number of nitrogens with one attached hydrogen (secondary N) is 2. The summed E-state index contributed by atoms with van der Waals surface area (Å²) in [6.45, 7) is 0. The first-order chi connectivity index (χ1) is 13.1. The molecule has 27 heavy (non-hydrogen) atoms. The van der Waals surface area contributed by atoms with Gasteiger partial charge in [0, 0.05) is 40.4 Å². The lowest BCUT2D eigenvalue weighted by Gasteiger charge is -2.07. The third-order valence-corrected chi connectivity index (χ3v) is 3.96. The van der Waals surface area contributed by atoms with Crippen molar-refractivity contribution in [2.75, 3.05) is 10.6 Å². The highest BCUT2D eigenvalue weighted by molar-refractivity contribution is 9.10. The van der Waals surface area contributed by atoms with Gasteiger partial charge in [0.25, 0.3) is 5.91 Å². The van der Waals surface area contributed by atoms with Gasteiger partial charge in [-0.1, -0.05) is 6.07 Å². The second kappa shape index (κ2) is 8.86. The molecule has 0 saturated heterocycles. The van der Waals surface area contributed by atoms with Crippen molar-refractivity contribution in [1.29, 1.82) is 0 Å². The predicted octanol–water partition coefficient (Wildman–Crippen LogP) is 4.14. The van der Waals surface area contributed by atoms with E-state index in [-0.39, 0.29) is 11.8 Å². The summed E-state index contributed by atoms with van der Waals surface area (Å²) in [5.41, 5.74) is 1.81. The molecule has 0 radical (unpaired) electrons. The highest BCUT2D eigenvalue weighted by Gasteiger charge is 2.08. The van der Waals surface area contributed by atoms with E-state index < -0.39 is 0 Å². The Balaban J connectivity index is 1.64. The zero-order valence-electron chi connectivity index (χ0n) is 14.1. The average Bonchev–Trinajstić information content (AvgIpc) is 2.69. The second-order valence-electron chi connectivity index (χ2n) is 5.50. The van der Waals surface area contributed by atoms with Gasteiger partial charge >= 0.3 is 0 Å². The van der Waals surface area contributed by atoms with E-state index in [0.29, 0.717) is 17.1 Å².